The topological polar surface area (TPSA) is 102 Å². The minimum atomic E-state index is 0.304. The standard InChI is InChI=1S/C13H18N6O/c14-13-18-11(9-2-4-20-7-9)5-12(19-13)16-3-1-10-6-15-8-17-10/h5-6,8-9H,1-4,7H2,(H,15,17)(H3,14,16,18,19)/t9-/m0/s1. The second-order valence-electron chi connectivity index (χ2n) is 4.85. The minimum Gasteiger partial charge on any atom is -0.381 e. The van der Waals surface area contributed by atoms with Gasteiger partial charge in [-0.05, 0) is 6.42 Å². The highest BCUT2D eigenvalue weighted by Gasteiger charge is 2.20. The zero-order chi connectivity index (χ0) is 13.8. The van der Waals surface area contributed by atoms with Crippen LogP contribution in [0.5, 0.6) is 0 Å². The average Bonchev–Trinajstić information content (AvgIpc) is 3.11. The molecule has 1 aliphatic heterocycles. The molecule has 0 unspecified atom stereocenters. The van der Waals surface area contributed by atoms with Crippen molar-refractivity contribution in [2.45, 2.75) is 18.8 Å². The van der Waals surface area contributed by atoms with Crippen LogP contribution in [-0.2, 0) is 11.2 Å². The Morgan fingerprint density at radius 1 is 1.45 bits per heavy atom. The third-order valence-corrected chi connectivity index (χ3v) is 3.37. The first-order valence-electron chi connectivity index (χ1n) is 6.74. The Hall–Kier alpha value is -2.15. The number of nitrogens with zero attached hydrogens (tertiary/aromatic N) is 3. The monoisotopic (exact) mass is 274 g/mol. The predicted molar refractivity (Wildman–Crippen MR) is 75.4 cm³/mol. The molecule has 1 aliphatic rings. The predicted octanol–water partition coefficient (Wildman–Crippen LogP) is 0.940. The number of imidazole rings is 1. The first-order chi connectivity index (χ1) is 9.81. The summed E-state index contributed by atoms with van der Waals surface area (Å²) in [6.45, 7) is 2.26. The highest BCUT2D eigenvalue weighted by molar-refractivity contribution is 5.41. The van der Waals surface area contributed by atoms with Gasteiger partial charge in [-0.15, -0.1) is 0 Å². The van der Waals surface area contributed by atoms with Crippen molar-refractivity contribution < 1.29 is 4.74 Å². The van der Waals surface area contributed by atoms with E-state index in [2.05, 4.69) is 25.3 Å². The molecular weight excluding hydrogens is 256 g/mol. The summed E-state index contributed by atoms with van der Waals surface area (Å²) in [5.74, 6) is 1.39. The van der Waals surface area contributed by atoms with E-state index in [0.717, 1.165) is 43.2 Å². The molecule has 4 N–H and O–H groups in total. The van der Waals surface area contributed by atoms with E-state index in [9.17, 15) is 0 Å². The van der Waals surface area contributed by atoms with Gasteiger partial charge in [-0.2, -0.15) is 4.98 Å². The van der Waals surface area contributed by atoms with E-state index in [1.54, 1.807) is 6.33 Å². The van der Waals surface area contributed by atoms with Gasteiger partial charge < -0.3 is 20.8 Å². The first kappa shape index (κ1) is 12.9. The smallest absolute Gasteiger partial charge is 0.222 e. The molecule has 1 fully saturated rings. The summed E-state index contributed by atoms with van der Waals surface area (Å²) < 4.78 is 5.39. The van der Waals surface area contributed by atoms with Gasteiger partial charge >= 0.3 is 0 Å². The van der Waals surface area contributed by atoms with Crippen molar-refractivity contribution in [3.63, 3.8) is 0 Å². The van der Waals surface area contributed by atoms with Gasteiger partial charge in [0.05, 0.1) is 18.6 Å². The van der Waals surface area contributed by atoms with Crippen molar-refractivity contribution in [3.05, 3.63) is 30.0 Å². The summed E-state index contributed by atoms with van der Waals surface area (Å²) in [6.07, 6.45) is 5.34. The fourth-order valence-electron chi connectivity index (χ4n) is 2.30. The Morgan fingerprint density at radius 2 is 2.40 bits per heavy atom. The van der Waals surface area contributed by atoms with E-state index in [1.165, 1.54) is 0 Å². The van der Waals surface area contributed by atoms with Crippen LogP contribution in [0, 0.1) is 0 Å². The Morgan fingerprint density at radius 3 is 3.15 bits per heavy atom. The molecule has 0 radical (unpaired) electrons. The van der Waals surface area contributed by atoms with Crippen molar-refractivity contribution in [2.75, 3.05) is 30.8 Å². The number of nitrogens with two attached hydrogens (primary N) is 1. The highest BCUT2D eigenvalue weighted by Crippen LogP contribution is 2.25. The second kappa shape index (κ2) is 5.87. The number of anilines is 2. The van der Waals surface area contributed by atoms with E-state index in [4.69, 9.17) is 10.5 Å². The summed E-state index contributed by atoms with van der Waals surface area (Å²) in [6, 6.07) is 1.96. The number of hydrogen-bond donors (Lipinski definition) is 3. The number of ether oxygens (including phenoxy) is 1. The molecule has 0 spiro atoms. The Balaban J connectivity index is 1.63. The van der Waals surface area contributed by atoms with Gasteiger partial charge in [-0.25, -0.2) is 9.97 Å². The molecule has 0 aliphatic carbocycles. The number of nitrogen functional groups attached to an aromatic ring is 1. The largest absolute Gasteiger partial charge is 0.381 e. The van der Waals surface area contributed by atoms with E-state index in [-0.39, 0.29) is 0 Å². The fourth-order valence-corrected chi connectivity index (χ4v) is 2.30. The molecular formula is C13H18N6O. The van der Waals surface area contributed by atoms with Crippen LogP contribution in [0.15, 0.2) is 18.6 Å². The van der Waals surface area contributed by atoms with Gasteiger partial charge in [0.15, 0.2) is 0 Å². The molecule has 0 amide bonds. The lowest BCUT2D eigenvalue weighted by atomic mass is 10.0. The summed E-state index contributed by atoms with van der Waals surface area (Å²) in [7, 11) is 0. The molecule has 0 saturated carbocycles. The van der Waals surface area contributed by atoms with Crippen LogP contribution in [0.1, 0.15) is 23.7 Å². The molecule has 1 atom stereocenters. The number of nitrogens with one attached hydrogen (secondary N) is 2. The number of H-pyrrole nitrogens is 1. The summed E-state index contributed by atoms with van der Waals surface area (Å²) in [4.78, 5) is 15.6. The van der Waals surface area contributed by atoms with E-state index >= 15 is 0 Å². The Kier molecular flexibility index (Phi) is 3.78. The van der Waals surface area contributed by atoms with Crippen LogP contribution in [0.25, 0.3) is 0 Å². The van der Waals surface area contributed by atoms with Crippen molar-refractivity contribution in [1.29, 1.82) is 0 Å². The van der Waals surface area contributed by atoms with Gasteiger partial charge in [0.1, 0.15) is 5.82 Å². The van der Waals surface area contributed by atoms with Crippen LogP contribution in [0.3, 0.4) is 0 Å². The summed E-state index contributed by atoms with van der Waals surface area (Å²) in [5.41, 5.74) is 7.82. The van der Waals surface area contributed by atoms with Crippen LogP contribution in [0.4, 0.5) is 11.8 Å². The zero-order valence-electron chi connectivity index (χ0n) is 11.2. The van der Waals surface area contributed by atoms with Crippen LogP contribution in [0.2, 0.25) is 0 Å². The maximum atomic E-state index is 5.77. The zero-order valence-corrected chi connectivity index (χ0v) is 11.2. The molecule has 106 valence electrons. The van der Waals surface area contributed by atoms with Gasteiger partial charge in [0, 0.05) is 43.4 Å². The highest BCUT2D eigenvalue weighted by atomic mass is 16.5. The molecule has 3 heterocycles. The van der Waals surface area contributed by atoms with E-state index in [1.807, 2.05) is 12.3 Å². The Labute approximate surface area is 117 Å². The van der Waals surface area contributed by atoms with E-state index in [0.29, 0.717) is 18.5 Å². The van der Waals surface area contributed by atoms with E-state index < -0.39 is 0 Å². The maximum Gasteiger partial charge on any atom is 0.222 e. The van der Waals surface area contributed by atoms with Crippen molar-refractivity contribution in [2.24, 2.45) is 0 Å². The molecule has 1 saturated heterocycles. The lowest BCUT2D eigenvalue weighted by Gasteiger charge is -2.11. The number of hydrogen-bond acceptors (Lipinski definition) is 6. The molecule has 7 heteroatoms. The molecule has 3 rings (SSSR count). The van der Waals surface area contributed by atoms with Crippen molar-refractivity contribution in [3.8, 4) is 0 Å². The second-order valence-corrected chi connectivity index (χ2v) is 4.85. The van der Waals surface area contributed by atoms with Gasteiger partial charge in [0.2, 0.25) is 5.95 Å². The molecule has 20 heavy (non-hydrogen) atoms. The Bertz CT molecular complexity index is 550. The summed E-state index contributed by atoms with van der Waals surface area (Å²) in [5, 5.41) is 3.27. The number of aromatic nitrogens is 4. The van der Waals surface area contributed by atoms with Gasteiger partial charge in [0.25, 0.3) is 0 Å². The van der Waals surface area contributed by atoms with Crippen LogP contribution >= 0.6 is 0 Å². The molecule has 0 bridgehead atoms. The fraction of sp³-hybridized carbons (Fsp3) is 0.462. The molecule has 2 aromatic heterocycles. The summed E-state index contributed by atoms with van der Waals surface area (Å²) >= 11 is 0. The third-order valence-electron chi connectivity index (χ3n) is 3.37. The normalized spacial score (nSPS) is 18.3. The van der Waals surface area contributed by atoms with Gasteiger partial charge in [-0.1, -0.05) is 0 Å². The molecule has 0 aromatic carbocycles. The number of rotatable bonds is 5. The SMILES string of the molecule is Nc1nc(NCCc2cnc[nH]2)cc([C@H]2CCOC2)n1. The third kappa shape index (κ3) is 3.05. The van der Waals surface area contributed by atoms with Crippen molar-refractivity contribution in [1.82, 2.24) is 19.9 Å². The minimum absolute atomic E-state index is 0.304. The molecule has 2 aromatic rings. The lowest BCUT2D eigenvalue weighted by Crippen LogP contribution is -2.11. The lowest BCUT2D eigenvalue weighted by molar-refractivity contribution is 0.193. The molecule has 7 nitrogen and oxygen atoms in total. The maximum absolute atomic E-state index is 5.77. The van der Waals surface area contributed by atoms with Crippen LogP contribution in [-0.4, -0.2) is 39.7 Å². The average molecular weight is 274 g/mol. The number of aromatic amines is 1. The van der Waals surface area contributed by atoms with Gasteiger partial charge in [-0.3, -0.25) is 0 Å². The van der Waals surface area contributed by atoms with Crippen molar-refractivity contribution >= 4 is 11.8 Å². The quantitative estimate of drug-likeness (QED) is 0.750. The first-order valence-corrected chi connectivity index (χ1v) is 6.74. The van der Waals surface area contributed by atoms with Crippen LogP contribution < -0.4 is 11.1 Å².